The van der Waals surface area contributed by atoms with E-state index < -0.39 is 16.1 Å². The first-order valence-corrected chi connectivity index (χ1v) is 7.81. The number of hydrogen-bond acceptors (Lipinski definition) is 5. The number of amidine groups is 1. The number of halogens is 1. The van der Waals surface area contributed by atoms with Crippen LogP contribution in [-0.2, 0) is 10.0 Å². The van der Waals surface area contributed by atoms with Gasteiger partial charge >= 0.3 is 0 Å². The van der Waals surface area contributed by atoms with Crippen molar-refractivity contribution in [1.29, 1.82) is 0 Å². The highest BCUT2D eigenvalue weighted by molar-refractivity contribution is 7.91. The molecule has 1 aromatic rings. The Morgan fingerprint density at radius 3 is 2.78 bits per heavy atom. The second-order valence-corrected chi connectivity index (χ2v) is 7.24. The van der Waals surface area contributed by atoms with E-state index in [0.29, 0.717) is 10.8 Å². The quantitative estimate of drug-likeness (QED) is 0.321. The fourth-order valence-electron chi connectivity index (χ4n) is 1.28. The number of nitrogens with one attached hydrogen (secondary N) is 1. The van der Waals surface area contributed by atoms with Crippen LogP contribution in [-0.4, -0.2) is 25.5 Å². The molecule has 0 saturated heterocycles. The molecule has 1 rings (SSSR count). The average Bonchev–Trinajstić information content (AvgIpc) is 2.75. The van der Waals surface area contributed by atoms with Gasteiger partial charge in [0.1, 0.15) is 10.0 Å². The van der Waals surface area contributed by atoms with Gasteiger partial charge in [-0.2, -0.15) is 0 Å². The maximum atomic E-state index is 12.0. The van der Waals surface area contributed by atoms with E-state index in [1.807, 2.05) is 0 Å². The number of oxime groups is 1. The van der Waals surface area contributed by atoms with Crippen molar-refractivity contribution in [2.75, 3.05) is 0 Å². The van der Waals surface area contributed by atoms with E-state index in [9.17, 15) is 8.42 Å². The molecule has 4 N–H and O–H groups in total. The molecule has 0 aliphatic heterocycles. The molecule has 0 aromatic carbocycles. The van der Waals surface area contributed by atoms with Gasteiger partial charge in [0.15, 0.2) is 0 Å². The maximum Gasteiger partial charge on any atom is 0.250 e. The number of thiophene rings is 1. The van der Waals surface area contributed by atoms with E-state index in [1.165, 1.54) is 12.1 Å². The first-order chi connectivity index (χ1) is 8.39. The van der Waals surface area contributed by atoms with E-state index in [4.69, 9.17) is 22.5 Å². The van der Waals surface area contributed by atoms with Crippen LogP contribution in [0.15, 0.2) is 21.5 Å². The lowest BCUT2D eigenvalue weighted by atomic mass is 10.1. The zero-order valence-corrected chi connectivity index (χ0v) is 12.0. The topological polar surface area (TPSA) is 105 Å². The molecule has 1 aromatic heterocycles. The summed E-state index contributed by atoms with van der Waals surface area (Å²) in [5, 5.41) is 11.3. The van der Waals surface area contributed by atoms with Crippen LogP contribution in [0.1, 0.15) is 19.8 Å². The Hall–Kier alpha value is -0.830. The lowest BCUT2D eigenvalue weighted by molar-refractivity contribution is 0.316. The van der Waals surface area contributed by atoms with Crippen molar-refractivity contribution in [2.45, 2.75) is 30.0 Å². The molecule has 1 atom stereocenters. The molecule has 102 valence electrons. The smallest absolute Gasteiger partial charge is 0.250 e. The van der Waals surface area contributed by atoms with E-state index in [1.54, 1.807) is 6.92 Å². The summed E-state index contributed by atoms with van der Waals surface area (Å²) in [6.07, 6.45) is 0.667. The number of rotatable bonds is 6. The molecule has 0 aliphatic rings. The zero-order valence-electron chi connectivity index (χ0n) is 9.63. The lowest BCUT2D eigenvalue weighted by Crippen LogP contribution is -2.37. The van der Waals surface area contributed by atoms with E-state index >= 15 is 0 Å². The predicted octanol–water partition coefficient (Wildman–Crippen LogP) is 1.59. The van der Waals surface area contributed by atoms with Crippen molar-refractivity contribution in [3.8, 4) is 0 Å². The number of nitrogens with two attached hydrogens (primary N) is 1. The largest absolute Gasteiger partial charge is 0.409 e. The fraction of sp³-hybridized carbons (Fsp3) is 0.444. The normalized spacial score (nSPS) is 14.7. The van der Waals surface area contributed by atoms with Gasteiger partial charge in [-0.1, -0.05) is 23.7 Å². The molecule has 9 heteroatoms. The summed E-state index contributed by atoms with van der Waals surface area (Å²) in [7, 11) is -3.61. The SMILES string of the molecule is CCC(CC(N)=NO)NS(=O)(=O)c1ccc(Cl)s1. The van der Waals surface area contributed by atoms with Gasteiger partial charge in [-0.05, 0) is 18.6 Å². The molecule has 18 heavy (non-hydrogen) atoms. The van der Waals surface area contributed by atoms with Crippen LogP contribution in [0.3, 0.4) is 0 Å². The predicted molar refractivity (Wildman–Crippen MR) is 71.8 cm³/mol. The van der Waals surface area contributed by atoms with E-state index in [2.05, 4.69) is 9.88 Å². The van der Waals surface area contributed by atoms with Gasteiger partial charge in [-0.15, -0.1) is 11.3 Å². The fourth-order valence-corrected chi connectivity index (χ4v) is 4.10. The Morgan fingerprint density at radius 2 is 2.33 bits per heavy atom. The van der Waals surface area contributed by atoms with Gasteiger partial charge in [0.25, 0.3) is 0 Å². The monoisotopic (exact) mass is 311 g/mol. The van der Waals surface area contributed by atoms with Gasteiger partial charge < -0.3 is 10.9 Å². The van der Waals surface area contributed by atoms with Crippen molar-refractivity contribution in [3.05, 3.63) is 16.5 Å². The second-order valence-electron chi connectivity index (χ2n) is 3.58. The van der Waals surface area contributed by atoms with Gasteiger partial charge in [-0.3, -0.25) is 0 Å². The van der Waals surface area contributed by atoms with Gasteiger partial charge in [0.05, 0.1) is 4.34 Å². The first-order valence-electron chi connectivity index (χ1n) is 5.13. The Kier molecular flexibility index (Phi) is 5.39. The third-order valence-corrected chi connectivity index (χ3v) is 5.46. The van der Waals surface area contributed by atoms with Crippen molar-refractivity contribution in [2.24, 2.45) is 10.9 Å². The summed E-state index contributed by atoms with van der Waals surface area (Å²) >= 11 is 6.67. The Bertz CT molecular complexity index is 527. The molecule has 0 spiro atoms. The highest BCUT2D eigenvalue weighted by atomic mass is 35.5. The highest BCUT2D eigenvalue weighted by Gasteiger charge is 2.21. The zero-order chi connectivity index (χ0) is 13.8. The number of hydrogen-bond donors (Lipinski definition) is 3. The number of nitrogens with zero attached hydrogens (tertiary/aromatic N) is 1. The average molecular weight is 312 g/mol. The van der Waals surface area contributed by atoms with E-state index in [-0.39, 0.29) is 16.5 Å². The molecule has 0 amide bonds. The molecule has 0 aliphatic carbocycles. The van der Waals surface area contributed by atoms with Crippen LogP contribution in [0.2, 0.25) is 4.34 Å². The minimum absolute atomic E-state index is 0.0197. The van der Waals surface area contributed by atoms with Crippen LogP contribution in [0.25, 0.3) is 0 Å². The molecule has 0 radical (unpaired) electrons. The molecular weight excluding hydrogens is 298 g/mol. The van der Waals surface area contributed by atoms with Gasteiger partial charge in [-0.25, -0.2) is 13.1 Å². The standard InChI is InChI=1S/C9H14ClN3O3S2/c1-2-6(5-8(11)12-14)13-18(15,16)9-4-3-7(10)17-9/h3-4,6,13-14H,2,5H2,1H3,(H2,11,12). The minimum atomic E-state index is -3.61. The second kappa shape index (κ2) is 6.37. The third kappa shape index (κ3) is 4.13. The Labute approximate surface area is 114 Å². The highest BCUT2D eigenvalue weighted by Crippen LogP contribution is 2.25. The summed E-state index contributed by atoms with van der Waals surface area (Å²) in [6.45, 7) is 1.80. The van der Waals surface area contributed by atoms with Crippen molar-refractivity contribution < 1.29 is 13.6 Å². The molecule has 1 unspecified atom stereocenters. The summed E-state index contributed by atoms with van der Waals surface area (Å²) in [6, 6.07) is 2.53. The first kappa shape index (κ1) is 15.2. The summed E-state index contributed by atoms with van der Waals surface area (Å²) in [4.78, 5) is 0. The molecule has 0 fully saturated rings. The Balaban J connectivity index is 2.81. The van der Waals surface area contributed by atoms with Crippen molar-refractivity contribution in [1.82, 2.24) is 4.72 Å². The molecule has 0 bridgehead atoms. The molecule has 6 nitrogen and oxygen atoms in total. The van der Waals surface area contributed by atoms with Crippen molar-refractivity contribution in [3.63, 3.8) is 0 Å². The van der Waals surface area contributed by atoms with Crippen LogP contribution in [0.5, 0.6) is 0 Å². The Morgan fingerprint density at radius 1 is 1.67 bits per heavy atom. The van der Waals surface area contributed by atoms with Crippen LogP contribution < -0.4 is 10.5 Å². The van der Waals surface area contributed by atoms with Gasteiger partial charge in [0.2, 0.25) is 10.0 Å². The van der Waals surface area contributed by atoms with Crippen LogP contribution in [0.4, 0.5) is 0 Å². The maximum absolute atomic E-state index is 12.0. The molecule has 1 heterocycles. The van der Waals surface area contributed by atoms with Crippen molar-refractivity contribution >= 4 is 38.8 Å². The lowest BCUT2D eigenvalue weighted by Gasteiger charge is -2.15. The molecule has 0 saturated carbocycles. The third-order valence-electron chi connectivity index (χ3n) is 2.21. The minimum Gasteiger partial charge on any atom is -0.409 e. The summed E-state index contributed by atoms with van der Waals surface area (Å²) in [5.41, 5.74) is 5.36. The van der Waals surface area contributed by atoms with E-state index in [0.717, 1.165) is 11.3 Å². The number of sulfonamides is 1. The molecular formula is C9H14ClN3O3S2. The van der Waals surface area contributed by atoms with Crippen LogP contribution >= 0.6 is 22.9 Å². The van der Waals surface area contributed by atoms with Gasteiger partial charge in [0, 0.05) is 12.5 Å². The van der Waals surface area contributed by atoms with Crippen LogP contribution in [0, 0.1) is 0 Å². The summed E-state index contributed by atoms with van der Waals surface area (Å²) in [5.74, 6) is -0.0197. The summed E-state index contributed by atoms with van der Waals surface area (Å²) < 4.78 is 27.0.